The van der Waals surface area contributed by atoms with E-state index in [4.69, 9.17) is 4.74 Å². The maximum atomic E-state index is 12.3. The molecule has 14 saturated heterocycles. The smallest absolute Gasteiger partial charge is 0.409 e. The van der Waals surface area contributed by atoms with Gasteiger partial charge in [0, 0.05) is 244 Å². The number of carbonyl (C=O) groups excluding carboxylic acids is 3. The third-order valence-electron chi connectivity index (χ3n) is 25.8. The number of amides is 3. The maximum absolute atomic E-state index is 12.3. The van der Waals surface area contributed by atoms with E-state index in [9.17, 15) is 14.4 Å². The first-order valence-corrected chi connectivity index (χ1v) is 41.9. The molecule has 99 heavy (non-hydrogen) atoms. The lowest BCUT2D eigenvalue weighted by molar-refractivity contribution is -0.142. The average molecular weight is 1390 g/mol. The number of hydrogen-bond donors (Lipinski definition) is 1. The fourth-order valence-electron chi connectivity index (χ4n) is 19.1. The topological polar surface area (TPSA) is 115 Å². The normalized spacial score (nSPS) is 33.4. The van der Waals surface area contributed by atoms with Crippen molar-refractivity contribution >= 4 is 17.9 Å². The minimum absolute atomic E-state index is 0.172. The number of piperazine rings is 7. The average Bonchev–Trinajstić information content (AvgIpc) is 1.76. The molecule has 18 heteroatoms. The summed E-state index contributed by atoms with van der Waals surface area (Å²) in [6, 6.07) is 6.09. The first-order chi connectivity index (χ1) is 47.5. The number of nitrogens with one attached hydrogen (secondary N) is 1. The third-order valence-corrected chi connectivity index (χ3v) is 25.8. The number of methoxy groups -OCH3 is 1. The fourth-order valence-corrected chi connectivity index (χ4v) is 19.1. The van der Waals surface area contributed by atoms with Gasteiger partial charge in [0.2, 0.25) is 11.8 Å². The van der Waals surface area contributed by atoms with Crippen molar-refractivity contribution < 1.29 is 19.1 Å². The molecular formula is C81H160N14O4. The molecule has 0 saturated carbocycles. The summed E-state index contributed by atoms with van der Waals surface area (Å²) in [5.74, 6) is 7.04. The molecule has 14 heterocycles. The molecule has 14 atom stereocenters. The van der Waals surface area contributed by atoms with Gasteiger partial charge in [0.05, 0.1) is 7.11 Å². The van der Waals surface area contributed by atoms with Crippen molar-refractivity contribution in [3.05, 3.63) is 0 Å². The number of ether oxygens (including phenoxy) is 1. The fraction of sp³-hybridized carbons (Fsp3) is 0.963. The molecule has 578 valence electrons. The number of rotatable bonds is 8. The molecule has 14 aliphatic heterocycles. The molecule has 3 amide bonds. The van der Waals surface area contributed by atoms with E-state index in [0.29, 0.717) is 24.0 Å². The zero-order chi connectivity index (χ0) is 72.5. The van der Waals surface area contributed by atoms with Crippen molar-refractivity contribution in [1.29, 1.82) is 0 Å². The third kappa shape index (κ3) is 25.8. The van der Waals surface area contributed by atoms with Crippen LogP contribution in [0, 0.1) is 46.8 Å². The zero-order valence-corrected chi connectivity index (χ0v) is 68.3. The van der Waals surface area contributed by atoms with Gasteiger partial charge in [0.25, 0.3) is 0 Å². The van der Waals surface area contributed by atoms with E-state index in [1.54, 1.807) is 6.92 Å². The Morgan fingerprint density at radius 3 is 1.01 bits per heavy atom. The molecule has 0 aromatic carbocycles. The van der Waals surface area contributed by atoms with Gasteiger partial charge in [-0.2, -0.15) is 0 Å². The summed E-state index contributed by atoms with van der Waals surface area (Å²) in [7, 11) is 5.95. The Hall–Kier alpha value is -2.23. The van der Waals surface area contributed by atoms with Crippen LogP contribution in [0.4, 0.5) is 4.79 Å². The monoisotopic (exact) mass is 1390 g/mol. The van der Waals surface area contributed by atoms with Gasteiger partial charge in [0.1, 0.15) is 0 Å². The van der Waals surface area contributed by atoms with E-state index in [-0.39, 0.29) is 17.4 Å². The largest absolute Gasteiger partial charge is 0.453 e. The standard InChI is InChI=1S/C14H26N2O.C12H24N2.C11H20N2O2.C11H20N2O.2C10H20N2.C9H18N2.2C2H6/c1-5-11-8-12-10-16(7-6-15(12)9-11)13(17)14(2,3)4;1-4-11-7-12-9-13(10(2)3)5-6-14(12)8-11;1-3-9-6-10-8-13(11(14)15-2)5-4-12(10)7-9;1-3-10-6-11-8-12(9(2)14)4-5-13(11)7-10;2*1-3-9-6-10-8-11(2)4-5-12(10)7-9;1-2-8-5-9-6-10-3-4-11(9)7-8;2*1-2/h11-12H,5-10H2,1-4H3;10-12H,4-9H2,1-3H3;9-10H,3-8H2,1-2H3;10-11H,3-8H2,1-2H3;2*9-10H,3-8H2,1-2H3;8-10H,2-7H2,1H3;2*1-2H3. The van der Waals surface area contributed by atoms with Crippen molar-refractivity contribution in [2.45, 2.75) is 256 Å². The van der Waals surface area contributed by atoms with Crippen LogP contribution in [0.3, 0.4) is 0 Å². The number of nitrogens with zero attached hydrogens (tertiary/aromatic N) is 13. The first kappa shape index (κ1) is 85.7. The first-order valence-electron chi connectivity index (χ1n) is 41.9. The summed E-state index contributed by atoms with van der Waals surface area (Å²) in [6.45, 7) is 69.7. The molecule has 0 aromatic rings. The van der Waals surface area contributed by atoms with Crippen molar-refractivity contribution in [1.82, 2.24) is 69.0 Å². The summed E-state index contributed by atoms with van der Waals surface area (Å²) < 4.78 is 4.76. The summed E-state index contributed by atoms with van der Waals surface area (Å²) >= 11 is 0. The zero-order valence-electron chi connectivity index (χ0n) is 68.3. The SMILES string of the molecule is CC.CC.CCC1CC2CN(C(=O)C(C)(C)C)CCN2C1.CCC1CC2CN(C(=O)OC)CCN2C1.CCC1CC2CN(C(C)=O)CCN2C1.CCC1CC2CN(C(C)C)CCN2C1.CCC1CC2CN(C)CCN2C1.CCC1CC2CN(C)CCN2C1.CCC1CC2CNCCN2C1. The Bertz CT molecular complexity index is 2210. The summed E-state index contributed by atoms with van der Waals surface area (Å²) in [4.78, 5) is 66.8. The van der Waals surface area contributed by atoms with Gasteiger partial charge >= 0.3 is 6.09 Å². The van der Waals surface area contributed by atoms with Gasteiger partial charge in [-0.15, -0.1) is 0 Å². The molecule has 0 aliphatic carbocycles. The van der Waals surface area contributed by atoms with Crippen LogP contribution in [0.5, 0.6) is 0 Å². The van der Waals surface area contributed by atoms with Gasteiger partial charge in [-0.05, 0) is 114 Å². The minimum Gasteiger partial charge on any atom is -0.453 e. The van der Waals surface area contributed by atoms with Crippen molar-refractivity contribution in [2.75, 3.05) is 204 Å². The second-order valence-electron chi connectivity index (χ2n) is 33.8. The Morgan fingerprint density at radius 1 is 0.384 bits per heavy atom. The second kappa shape index (κ2) is 43.4. The van der Waals surface area contributed by atoms with Crippen LogP contribution in [-0.4, -0.2) is 334 Å². The summed E-state index contributed by atoms with van der Waals surface area (Å²) in [5.41, 5.74) is -0.231. The molecule has 0 aromatic heterocycles. The Balaban J connectivity index is 0.000000181. The lowest BCUT2D eigenvalue weighted by Crippen LogP contribution is -2.54. The van der Waals surface area contributed by atoms with Crippen LogP contribution in [0.2, 0.25) is 0 Å². The Labute approximate surface area is 610 Å². The van der Waals surface area contributed by atoms with E-state index in [0.717, 1.165) is 131 Å². The van der Waals surface area contributed by atoms with Crippen molar-refractivity contribution in [3.8, 4) is 0 Å². The van der Waals surface area contributed by atoms with Gasteiger partial charge in [-0.3, -0.25) is 48.8 Å². The van der Waals surface area contributed by atoms with Gasteiger partial charge in [0.15, 0.2) is 0 Å². The highest BCUT2D eigenvalue weighted by Crippen LogP contribution is 2.35. The van der Waals surface area contributed by atoms with Crippen LogP contribution in [0.25, 0.3) is 0 Å². The lowest BCUT2D eigenvalue weighted by Gasteiger charge is -2.40. The van der Waals surface area contributed by atoms with E-state index in [2.05, 4.69) is 136 Å². The number of hydrogen-bond acceptors (Lipinski definition) is 15. The van der Waals surface area contributed by atoms with E-state index in [1.165, 1.54) is 221 Å². The highest BCUT2D eigenvalue weighted by atomic mass is 16.5. The van der Waals surface area contributed by atoms with Gasteiger partial charge in [-0.25, -0.2) is 4.79 Å². The van der Waals surface area contributed by atoms with Crippen LogP contribution in [0.15, 0.2) is 0 Å². The summed E-state index contributed by atoms with van der Waals surface area (Å²) in [5, 5.41) is 3.46. The van der Waals surface area contributed by atoms with Gasteiger partial charge in [-0.1, -0.05) is 142 Å². The van der Waals surface area contributed by atoms with Crippen molar-refractivity contribution in [3.63, 3.8) is 0 Å². The molecular weight excluding hydrogens is 1230 g/mol. The lowest BCUT2D eigenvalue weighted by atomic mass is 9.93. The van der Waals surface area contributed by atoms with Crippen LogP contribution in [-0.2, 0) is 14.3 Å². The predicted octanol–water partition coefficient (Wildman–Crippen LogP) is 10.7. The molecule has 1 N–H and O–H groups in total. The van der Waals surface area contributed by atoms with Crippen molar-refractivity contribution in [2.24, 2.45) is 46.8 Å². The molecule has 14 rings (SSSR count). The van der Waals surface area contributed by atoms with Crippen LogP contribution in [0.1, 0.15) is 208 Å². The molecule has 14 aliphatic rings. The Morgan fingerprint density at radius 2 is 0.677 bits per heavy atom. The molecule has 14 fully saturated rings. The number of likely N-dealkylation sites (N-methyl/N-ethyl adjacent to an activating group) is 2. The quantitative estimate of drug-likeness (QED) is 0.249. The molecule has 14 unspecified atom stereocenters. The van der Waals surface area contributed by atoms with Crippen LogP contribution < -0.4 is 5.32 Å². The van der Waals surface area contributed by atoms with Crippen LogP contribution >= 0.6 is 0 Å². The Kier molecular flexibility index (Phi) is 37.6. The van der Waals surface area contributed by atoms with E-state index in [1.807, 2.05) is 58.3 Å². The highest BCUT2D eigenvalue weighted by Gasteiger charge is 2.42. The minimum atomic E-state index is -0.231. The predicted molar refractivity (Wildman–Crippen MR) is 416 cm³/mol. The molecule has 0 bridgehead atoms. The number of carbonyl (C=O) groups is 3. The number of fused-ring (bicyclic) bond motifs is 7. The maximum Gasteiger partial charge on any atom is 0.409 e. The molecule has 0 spiro atoms. The van der Waals surface area contributed by atoms with Gasteiger partial charge < -0.3 is 34.6 Å². The summed E-state index contributed by atoms with van der Waals surface area (Å²) in [6.07, 6.45) is 18.7. The second-order valence-corrected chi connectivity index (χ2v) is 33.8. The van der Waals surface area contributed by atoms with E-state index >= 15 is 0 Å². The highest BCUT2D eigenvalue weighted by molar-refractivity contribution is 5.81. The van der Waals surface area contributed by atoms with E-state index < -0.39 is 0 Å². The molecule has 18 nitrogen and oxygen atoms in total. The molecule has 0 radical (unpaired) electrons.